The molecule has 0 unspecified atom stereocenters. The lowest BCUT2D eigenvalue weighted by atomic mass is 10.1. The van der Waals surface area contributed by atoms with E-state index in [1.807, 2.05) is 42.5 Å². The van der Waals surface area contributed by atoms with Gasteiger partial charge in [-0.3, -0.25) is 0 Å². The molecule has 94 valence electrons. The van der Waals surface area contributed by atoms with Gasteiger partial charge in [0.1, 0.15) is 0 Å². The molecule has 1 atom stereocenters. The number of hydrogen-bond acceptors (Lipinski definition) is 2. The van der Waals surface area contributed by atoms with E-state index in [-0.39, 0.29) is 12.6 Å². The first kappa shape index (κ1) is 12.7. The fourth-order valence-corrected chi connectivity index (χ4v) is 2.08. The van der Waals surface area contributed by atoms with Crippen LogP contribution in [-0.4, -0.2) is 11.7 Å². The molecule has 2 nitrogen and oxygen atoms in total. The molecule has 0 saturated heterocycles. The highest BCUT2D eigenvalue weighted by molar-refractivity contribution is 5.52. The van der Waals surface area contributed by atoms with Crippen molar-refractivity contribution < 1.29 is 5.11 Å². The van der Waals surface area contributed by atoms with Gasteiger partial charge in [-0.05, 0) is 23.6 Å². The van der Waals surface area contributed by atoms with E-state index in [1.54, 1.807) is 0 Å². The highest BCUT2D eigenvalue weighted by Gasteiger charge is 2.10. The lowest BCUT2D eigenvalue weighted by molar-refractivity contribution is 0.276. The topological polar surface area (TPSA) is 32.3 Å². The summed E-state index contributed by atoms with van der Waals surface area (Å²) in [5, 5.41) is 13.0. The third-order valence-corrected chi connectivity index (χ3v) is 3.11. The van der Waals surface area contributed by atoms with Crippen LogP contribution in [0.5, 0.6) is 0 Å². The minimum Gasteiger partial charge on any atom is -0.394 e. The molecule has 0 bridgehead atoms. The molecule has 2 rings (SSSR count). The third kappa shape index (κ3) is 2.90. The monoisotopic (exact) mass is 241 g/mol. The number of aliphatic hydroxyl groups is 1. The van der Waals surface area contributed by atoms with Gasteiger partial charge in [0.15, 0.2) is 0 Å². The van der Waals surface area contributed by atoms with Crippen molar-refractivity contribution in [3.8, 4) is 0 Å². The van der Waals surface area contributed by atoms with Crippen LogP contribution in [0, 0.1) is 0 Å². The van der Waals surface area contributed by atoms with E-state index in [1.165, 1.54) is 5.56 Å². The lowest BCUT2D eigenvalue weighted by Crippen LogP contribution is -2.15. The van der Waals surface area contributed by atoms with Gasteiger partial charge in [-0.2, -0.15) is 0 Å². The molecule has 0 spiro atoms. The number of aryl methyl sites for hydroxylation is 1. The van der Waals surface area contributed by atoms with E-state index >= 15 is 0 Å². The average Bonchev–Trinajstić information content (AvgIpc) is 2.46. The molecule has 0 aliphatic carbocycles. The van der Waals surface area contributed by atoms with E-state index in [2.05, 4.69) is 24.4 Å². The second-order valence-corrected chi connectivity index (χ2v) is 4.30. The van der Waals surface area contributed by atoms with Gasteiger partial charge in [-0.25, -0.2) is 0 Å². The summed E-state index contributed by atoms with van der Waals surface area (Å²) in [4.78, 5) is 0. The number of para-hydroxylation sites is 1. The number of anilines is 1. The van der Waals surface area contributed by atoms with Crippen LogP contribution >= 0.6 is 0 Å². The molecule has 0 fully saturated rings. The minimum atomic E-state index is -0.0566. The fraction of sp³-hybridized carbons (Fsp3) is 0.250. The Kier molecular flexibility index (Phi) is 4.37. The second kappa shape index (κ2) is 6.22. The van der Waals surface area contributed by atoms with E-state index in [0.717, 1.165) is 17.7 Å². The lowest BCUT2D eigenvalue weighted by Gasteiger charge is -2.20. The Morgan fingerprint density at radius 3 is 2.33 bits per heavy atom. The molecule has 18 heavy (non-hydrogen) atoms. The SMILES string of the molecule is CCc1ccccc1N[C@H](CO)c1ccccc1. The summed E-state index contributed by atoms with van der Waals surface area (Å²) in [5.74, 6) is 0. The summed E-state index contributed by atoms with van der Waals surface area (Å²) >= 11 is 0. The smallest absolute Gasteiger partial charge is 0.0745 e. The number of rotatable bonds is 5. The first-order chi connectivity index (χ1) is 8.85. The van der Waals surface area contributed by atoms with Crippen molar-refractivity contribution >= 4 is 5.69 Å². The van der Waals surface area contributed by atoms with Crippen molar-refractivity contribution in [2.24, 2.45) is 0 Å². The molecule has 0 heterocycles. The van der Waals surface area contributed by atoms with Gasteiger partial charge in [0, 0.05) is 5.69 Å². The number of hydrogen-bond donors (Lipinski definition) is 2. The van der Waals surface area contributed by atoms with Gasteiger partial charge in [0.25, 0.3) is 0 Å². The summed E-state index contributed by atoms with van der Waals surface area (Å²) in [7, 11) is 0. The van der Waals surface area contributed by atoms with Crippen molar-refractivity contribution in [2.45, 2.75) is 19.4 Å². The minimum absolute atomic E-state index is 0.0566. The molecule has 0 aliphatic rings. The van der Waals surface area contributed by atoms with Crippen LogP contribution in [0.25, 0.3) is 0 Å². The molecule has 0 aromatic heterocycles. The standard InChI is InChI=1S/C16H19NO/c1-2-13-8-6-7-11-15(13)17-16(12-18)14-9-4-3-5-10-14/h3-11,16-18H,2,12H2,1H3/t16-/m1/s1. The second-order valence-electron chi connectivity index (χ2n) is 4.30. The Labute approximate surface area is 108 Å². The molecule has 0 amide bonds. The molecule has 0 aliphatic heterocycles. The van der Waals surface area contributed by atoms with E-state index in [4.69, 9.17) is 0 Å². The molecule has 0 saturated carbocycles. The third-order valence-electron chi connectivity index (χ3n) is 3.11. The Morgan fingerprint density at radius 1 is 1.00 bits per heavy atom. The maximum atomic E-state index is 9.54. The zero-order chi connectivity index (χ0) is 12.8. The molecule has 2 aromatic rings. The molecule has 2 aromatic carbocycles. The zero-order valence-corrected chi connectivity index (χ0v) is 10.6. The quantitative estimate of drug-likeness (QED) is 0.841. The van der Waals surface area contributed by atoms with Gasteiger partial charge in [-0.15, -0.1) is 0 Å². The van der Waals surface area contributed by atoms with Crippen molar-refractivity contribution in [2.75, 3.05) is 11.9 Å². The normalized spacial score (nSPS) is 12.1. The number of aliphatic hydroxyl groups excluding tert-OH is 1. The summed E-state index contributed by atoms with van der Waals surface area (Å²) < 4.78 is 0. The number of benzene rings is 2. The maximum Gasteiger partial charge on any atom is 0.0745 e. The first-order valence-corrected chi connectivity index (χ1v) is 6.35. The molecule has 2 N–H and O–H groups in total. The number of nitrogens with one attached hydrogen (secondary N) is 1. The zero-order valence-electron chi connectivity index (χ0n) is 10.6. The summed E-state index contributed by atoms with van der Waals surface area (Å²) in [6, 6.07) is 18.2. The van der Waals surface area contributed by atoms with Crippen LogP contribution in [0.4, 0.5) is 5.69 Å². The summed E-state index contributed by atoms with van der Waals surface area (Å²) in [5.41, 5.74) is 3.47. The van der Waals surface area contributed by atoms with Crippen LogP contribution in [0.3, 0.4) is 0 Å². The molecular formula is C16H19NO. The Morgan fingerprint density at radius 2 is 1.67 bits per heavy atom. The average molecular weight is 241 g/mol. The van der Waals surface area contributed by atoms with Crippen LogP contribution in [0.1, 0.15) is 24.1 Å². The summed E-state index contributed by atoms with van der Waals surface area (Å²) in [6.07, 6.45) is 0.982. The van der Waals surface area contributed by atoms with Crippen molar-refractivity contribution in [3.05, 3.63) is 65.7 Å². The van der Waals surface area contributed by atoms with Crippen molar-refractivity contribution in [1.82, 2.24) is 0 Å². The Balaban J connectivity index is 2.21. The van der Waals surface area contributed by atoms with Gasteiger partial charge in [0.05, 0.1) is 12.6 Å². The van der Waals surface area contributed by atoms with Gasteiger partial charge < -0.3 is 10.4 Å². The van der Waals surface area contributed by atoms with Crippen LogP contribution in [-0.2, 0) is 6.42 Å². The highest BCUT2D eigenvalue weighted by Crippen LogP contribution is 2.22. The summed E-state index contributed by atoms with van der Waals surface area (Å²) in [6.45, 7) is 2.22. The Bertz CT molecular complexity index is 481. The van der Waals surface area contributed by atoms with Gasteiger partial charge in [0.2, 0.25) is 0 Å². The highest BCUT2D eigenvalue weighted by atomic mass is 16.3. The molecule has 0 radical (unpaired) electrons. The van der Waals surface area contributed by atoms with Crippen LogP contribution in [0.15, 0.2) is 54.6 Å². The molecular weight excluding hydrogens is 222 g/mol. The van der Waals surface area contributed by atoms with Crippen molar-refractivity contribution in [3.63, 3.8) is 0 Å². The van der Waals surface area contributed by atoms with E-state index < -0.39 is 0 Å². The van der Waals surface area contributed by atoms with E-state index in [9.17, 15) is 5.11 Å². The van der Waals surface area contributed by atoms with E-state index in [0.29, 0.717) is 0 Å². The Hall–Kier alpha value is -1.80. The maximum absolute atomic E-state index is 9.54. The molecule has 2 heteroatoms. The van der Waals surface area contributed by atoms with Crippen LogP contribution < -0.4 is 5.32 Å². The largest absolute Gasteiger partial charge is 0.394 e. The predicted molar refractivity (Wildman–Crippen MR) is 75.7 cm³/mol. The predicted octanol–water partition coefficient (Wildman–Crippen LogP) is 3.39. The van der Waals surface area contributed by atoms with Crippen LogP contribution in [0.2, 0.25) is 0 Å². The fourth-order valence-electron chi connectivity index (χ4n) is 2.08. The first-order valence-electron chi connectivity index (χ1n) is 6.35. The van der Waals surface area contributed by atoms with Crippen molar-refractivity contribution in [1.29, 1.82) is 0 Å². The van der Waals surface area contributed by atoms with Gasteiger partial charge in [-0.1, -0.05) is 55.5 Å². The van der Waals surface area contributed by atoms with Gasteiger partial charge >= 0.3 is 0 Å².